The van der Waals surface area contributed by atoms with Crippen LogP contribution in [0.1, 0.15) is 15.9 Å². The second kappa shape index (κ2) is 7.52. The quantitative estimate of drug-likeness (QED) is 0.492. The number of aromatic nitrogens is 2. The zero-order chi connectivity index (χ0) is 22.4. The number of nitrogens with two attached hydrogens (primary N) is 1. The molecule has 4 aromatic rings. The van der Waals surface area contributed by atoms with Crippen molar-refractivity contribution >= 4 is 28.0 Å². The van der Waals surface area contributed by atoms with Crippen LogP contribution < -0.4 is 5.73 Å². The summed E-state index contributed by atoms with van der Waals surface area (Å²) in [5.74, 6) is -0.973. The first-order chi connectivity index (χ1) is 15.5. The van der Waals surface area contributed by atoms with Gasteiger partial charge in [-0.05, 0) is 28.5 Å². The lowest BCUT2D eigenvalue weighted by Gasteiger charge is -2.18. The molecule has 2 heterocycles. The summed E-state index contributed by atoms with van der Waals surface area (Å²) in [6.07, 6.45) is 1.64. The van der Waals surface area contributed by atoms with E-state index in [1.165, 1.54) is 6.07 Å². The molecule has 32 heavy (non-hydrogen) atoms. The van der Waals surface area contributed by atoms with Crippen molar-refractivity contribution in [1.82, 2.24) is 9.78 Å². The van der Waals surface area contributed by atoms with Gasteiger partial charge in [0, 0.05) is 30.3 Å². The highest BCUT2D eigenvalue weighted by Crippen LogP contribution is 2.41. The minimum Gasteiger partial charge on any atom is -0.325 e. The Hall–Kier alpha value is -4.15. The van der Waals surface area contributed by atoms with Gasteiger partial charge < -0.3 is 5.73 Å². The van der Waals surface area contributed by atoms with Crippen molar-refractivity contribution < 1.29 is 9.18 Å². The molecule has 0 fully saturated rings. The van der Waals surface area contributed by atoms with E-state index in [0.717, 1.165) is 10.8 Å². The van der Waals surface area contributed by atoms with Crippen LogP contribution in [-0.4, -0.2) is 34.4 Å². The number of carbonyl (C=O) groups excluding carboxylic acids is 1. The maximum absolute atomic E-state index is 15.1. The summed E-state index contributed by atoms with van der Waals surface area (Å²) in [7, 11) is 1.78. The summed E-state index contributed by atoms with van der Waals surface area (Å²) >= 11 is 0. The third kappa shape index (κ3) is 2.93. The zero-order valence-electron chi connectivity index (χ0n) is 17.3. The Morgan fingerprint density at radius 3 is 2.75 bits per heavy atom. The second-order valence-corrected chi connectivity index (χ2v) is 7.60. The maximum Gasteiger partial charge on any atom is 0.204 e. The van der Waals surface area contributed by atoms with E-state index in [9.17, 15) is 4.79 Å². The van der Waals surface area contributed by atoms with E-state index in [4.69, 9.17) is 12.3 Å². The van der Waals surface area contributed by atoms with Gasteiger partial charge in [-0.2, -0.15) is 5.10 Å². The van der Waals surface area contributed by atoms with E-state index in [0.29, 0.717) is 39.3 Å². The summed E-state index contributed by atoms with van der Waals surface area (Å²) in [6.45, 7) is 7.82. The fraction of sp³-hybridized carbons (Fsp3) is 0.120. The molecule has 1 aromatic heterocycles. The van der Waals surface area contributed by atoms with Gasteiger partial charge >= 0.3 is 0 Å². The van der Waals surface area contributed by atoms with E-state index in [1.807, 2.05) is 36.4 Å². The van der Waals surface area contributed by atoms with Crippen molar-refractivity contribution in [2.45, 2.75) is 0 Å². The lowest BCUT2D eigenvalue weighted by atomic mass is 9.90. The highest BCUT2D eigenvalue weighted by atomic mass is 19.1. The zero-order valence-corrected chi connectivity index (χ0v) is 17.3. The number of hydrogen-bond acceptors (Lipinski definition) is 4. The first-order valence-electron chi connectivity index (χ1n) is 10.1. The summed E-state index contributed by atoms with van der Waals surface area (Å²) in [5, 5.41) is 6.20. The predicted octanol–water partition coefficient (Wildman–Crippen LogP) is 4.54. The Bertz CT molecular complexity index is 1490. The minimum absolute atomic E-state index is 0.0298. The van der Waals surface area contributed by atoms with Crippen LogP contribution in [0.5, 0.6) is 0 Å². The van der Waals surface area contributed by atoms with E-state index in [-0.39, 0.29) is 24.4 Å². The van der Waals surface area contributed by atoms with Crippen LogP contribution >= 0.6 is 0 Å². The number of carbonyl (C=O) groups is 1. The topological polar surface area (TPSA) is 77.6 Å². The van der Waals surface area contributed by atoms with Crippen LogP contribution in [-0.2, 0) is 7.05 Å². The van der Waals surface area contributed by atoms with E-state index < -0.39 is 5.82 Å². The van der Waals surface area contributed by atoms with Gasteiger partial charge in [0.2, 0.25) is 5.69 Å². The number of halogens is 1. The van der Waals surface area contributed by atoms with Crippen molar-refractivity contribution in [3.63, 3.8) is 0 Å². The molecule has 3 aromatic carbocycles. The molecule has 0 bridgehead atoms. The molecule has 0 amide bonds. The number of aryl methyl sites for hydroxylation is 1. The molecule has 6 nitrogen and oxygen atoms in total. The van der Waals surface area contributed by atoms with Gasteiger partial charge in [0.05, 0.1) is 29.7 Å². The van der Waals surface area contributed by atoms with Crippen LogP contribution in [0.2, 0.25) is 0 Å². The number of rotatable bonds is 3. The number of hydrogen-bond donors (Lipinski definition) is 1. The minimum atomic E-state index is -0.609. The molecule has 156 valence electrons. The lowest BCUT2D eigenvalue weighted by molar-refractivity contribution is 0.0996. The molecule has 0 saturated heterocycles. The Morgan fingerprint density at radius 2 is 1.97 bits per heavy atom. The third-order valence-electron chi connectivity index (χ3n) is 5.80. The number of fused-ring (bicyclic) bond motifs is 2. The Morgan fingerprint density at radius 1 is 1.16 bits per heavy atom. The van der Waals surface area contributed by atoms with Crippen LogP contribution in [0.15, 0.2) is 59.7 Å². The molecule has 2 N–H and O–H groups in total. The molecular weight excluding hydrogens is 405 g/mol. The standard InChI is InChI=1S/C25H18FN5O/c1-28-24-16-6-4-3-5-14(16)7-8-17(24)25-19(12-30-31(25)2)15-9-18-21(11-27)29-13-22(32)23(18)20(26)10-15/h3-10,12H,11,13,27H2,2H3. The SMILES string of the molecule is [C-]#[N+]c1c(-c2c(-c3cc(F)c4c(c3)C(CN)=NCC4=O)cnn2C)ccc2ccccc12. The first-order valence-corrected chi connectivity index (χ1v) is 10.1. The van der Waals surface area contributed by atoms with Crippen LogP contribution in [0.25, 0.3) is 38.0 Å². The molecule has 0 unspecified atom stereocenters. The fourth-order valence-corrected chi connectivity index (χ4v) is 4.31. The van der Waals surface area contributed by atoms with Crippen molar-refractivity contribution in [3.8, 4) is 22.4 Å². The van der Waals surface area contributed by atoms with Gasteiger partial charge in [-0.25, -0.2) is 9.24 Å². The molecule has 1 aliphatic heterocycles. The predicted molar refractivity (Wildman–Crippen MR) is 123 cm³/mol. The van der Waals surface area contributed by atoms with Crippen LogP contribution in [0, 0.1) is 12.4 Å². The number of aliphatic imine (C=N–C) groups is 1. The number of ketones is 1. The summed E-state index contributed by atoms with van der Waals surface area (Å²) in [5.41, 5.74) is 9.85. The molecule has 0 radical (unpaired) electrons. The van der Waals surface area contributed by atoms with E-state index >= 15 is 4.39 Å². The third-order valence-corrected chi connectivity index (χ3v) is 5.80. The lowest BCUT2D eigenvalue weighted by Crippen LogP contribution is -2.26. The van der Waals surface area contributed by atoms with Crippen molar-refractivity contribution in [2.75, 3.05) is 13.1 Å². The second-order valence-electron chi connectivity index (χ2n) is 7.60. The fourth-order valence-electron chi connectivity index (χ4n) is 4.31. The van der Waals surface area contributed by atoms with Gasteiger partial charge in [-0.15, -0.1) is 0 Å². The highest BCUT2D eigenvalue weighted by molar-refractivity contribution is 6.16. The summed E-state index contributed by atoms with van der Waals surface area (Å²) < 4.78 is 16.8. The van der Waals surface area contributed by atoms with Gasteiger partial charge in [-0.1, -0.05) is 36.4 Å². The number of Topliss-reactive ketones (excluding diaryl/α,β-unsaturated/α-hetero) is 1. The molecule has 5 rings (SSSR count). The van der Waals surface area contributed by atoms with Gasteiger partial charge in [-0.3, -0.25) is 14.5 Å². The van der Waals surface area contributed by atoms with Gasteiger partial charge in [0.25, 0.3) is 0 Å². The first kappa shape index (κ1) is 19.8. The van der Waals surface area contributed by atoms with Crippen LogP contribution in [0.4, 0.5) is 10.1 Å². The summed E-state index contributed by atoms with van der Waals surface area (Å²) in [6, 6.07) is 14.6. The van der Waals surface area contributed by atoms with Crippen molar-refractivity contribution in [3.05, 3.63) is 83.1 Å². The Kier molecular flexibility index (Phi) is 4.65. The van der Waals surface area contributed by atoms with Crippen molar-refractivity contribution in [1.29, 1.82) is 0 Å². The summed E-state index contributed by atoms with van der Waals surface area (Å²) in [4.78, 5) is 20.3. The van der Waals surface area contributed by atoms with Gasteiger partial charge in [0.15, 0.2) is 5.78 Å². The normalized spacial score (nSPS) is 13.1. The molecule has 0 aliphatic carbocycles. The number of nitrogens with zero attached hydrogens (tertiary/aromatic N) is 4. The Labute approximate surface area is 183 Å². The Balaban J connectivity index is 1.77. The largest absolute Gasteiger partial charge is 0.325 e. The maximum atomic E-state index is 15.1. The molecule has 7 heteroatoms. The van der Waals surface area contributed by atoms with Crippen LogP contribution in [0.3, 0.4) is 0 Å². The average molecular weight is 423 g/mol. The molecule has 0 atom stereocenters. The van der Waals surface area contributed by atoms with E-state index in [2.05, 4.69) is 14.9 Å². The molecule has 0 saturated carbocycles. The molecular formula is C25H18FN5O. The highest BCUT2D eigenvalue weighted by Gasteiger charge is 2.26. The average Bonchev–Trinajstić information content (AvgIpc) is 3.19. The van der Waals surface area contributed by atoms with Gasteiger partial charge in [0.1, 0.15) is 12.4 Å². The smallest absolute Gasteiger partial charge is 0.204 e. The van der Waals surface area contributed by atoms with Crippen molar-refractivity contribution in [2.24, 2.45) is 17.8 Å². The monoisotopic (exact) mass is 423 g/mol. The number of benzene rings is 3. The molecule has 0 spiro atoms. The molecule has 1 aliphatic rings. The van der Waals surface area contributed by atoms with E-state index in [1.54, 1.807) is 24.0 Å².